The molecule has 168 valence electrons. The van der Waals surface area contributed by atoms with Crippen LogP contribution in [0.3, 0.4) is 0 Å². The predicted molar refractivity (Wildman–Crippen MR) is 121 cm³/mol. The van der Waals surface area contributed by atoms with Crippen molar-refractivity contribution < 1.29 is 24.1 Å². The van der Waals surface area contributed by atoms with Gasteiger partial charge in [0.15, 0.2) is 17.5 Å². The molecule has 4 atom stereocenters. The topological polar surface area (TPSA) is 107 Å². The summed E-state index contributed by atoms with van der Waals surface area (Å²) in [6.45, 7) is 0.517. The molecule has 0 radical (unpaired) electrons. The fourth-order valence-electron chi connectivity index (χ4n) is 4.52. The van der Waals surface area contributed by atoms with E-state index in [-0.39, 0.29) is 30.9 Å². The Morgan fingerprint density at radius 1 is 1.12 bits per heavy atom. The number of benzene rings is 2. The second-order valence-electron chi connectivity index (χ2n) is 8.28. The average Bonchev–Trinajstić information content (AvgIpc) is 3.50. The van der Waals surface area contributed by atoms with Gasteiger partial charge < -0.3 is 24.3 Å². The van der Waals surface area contributed by atoms with E-state index >= 15 is 0 Å². The number of aliphatic hydroxyl groups excluding tert-OH is 1. The Labute approximate surface area is 193 Å². The molecule has 0 aliphatic carbocycles. The van der Waals surface area contributed by atoms with Gasteiger partial charge in [0.1, 0.15) is 18.3 Å². The lowest BCUT2D eigenvalue weighted by Crippen LogP contribution is -2.34. The number of aromatic amines is 1. The zero-order valence-corrected chi connectivity index (χ0v) is 18.2. The average molecular weight is 466 g/mol. The van der Waals surface area contributed by atoms with Crippen LogP contribution in [0.25, 0.3) is 21.9 Å². The van der Waals surface area contributed by atoms with Gasteiger partial charge in [0, 0.05) is 5.56 Å². The highest BCUT2D eigenvalue weighted by Crippen LogP contribution is 2.30. The molecule has 2 aliphatic rings. The van der Waals surface area contributed by atoms with E-state index in [1.54, 1.807) is 6.07 Å². The maximum absolute atomic E-state index is 13.1. The normalized spacial score (nSPS) is 24.4. The van der Waals surface area contributed by atoms with Crippen molar-refractivity contribution in [3.05, 3.63) is 64.8 Å². The van der Waals surface area contributed by atoms with Gasteiger partial charge in [-0.15, -0.1) is 0 Å². The lowest BCUT2D eigenvalue weighted by molar-refractivity contribution is 0.00706. The highest BCUT2D eigenvalue weighted by molar-refractivity contribution is 6.32. The second kappa shape index (κ2) is 8.07. The minimum atomic E-state index is -0.651. The van der Waals surface area contributed by atoms with E-state index in [0.29, 0.717) is 34.1 Å². The number of carbonyl (C=O) groups excluding carboxylic acids is 1. The van der Waals surface area contributed by atoms with Crippen LogP contribution in [-0.4, -0.2) is 63.5 Å². The van der Waals surface area contributed by atoms with Crippen LogP contribution < -0.4 is 4.74 Å². The third-order valence-electron chi connectivity index (χ3n) is 6.14. The van der Waals surface area contributed by atoms with Gasteiger partial charge in [-0.25, -0.2) is 4.98 Å². The van der Waals surface area contributed by atoms with Crippen molar-refractivity contribution in [3.8, 4) is 6.01 Å². The summed E-state index contributed by atoms with van der Waals surface area (Å²) < 4.78 is 17.1. The minimum Gasteiger partial charge on any atom is -0.456 e. The van der Waals surface area contributed by atoms with Crippen LogP contribution >= 0.6 is 11.6 Å². The number of carbonyl (C=O) groups is 1. The van der Waals surface area contributed by atoms with Crippen molar-refractivity contribution in [2.24, 2.45) is 0 Å². The smallest absolute Gasteiger partial charge is 0.296 e. The van der Waals surface area contributed by atoms with Gasteiger partial charge >= 0.3 is 0 Å². The first-order chi connectivity index (χ1) is 16.1. The third-order valence-corrected chi connectivity index (χ3v) is 6.47. The number of nitrogens with one attached hydrogen (secondary N) is 1. The fraction of sp³-hybridized carbons (Fsp3) is 0.292. The number of pyridine rings is 1. The number of rotatable bonds is 5. The summed E-state index contributed by atoms with van der Waals surface area (Å²) in [5.74, 6) is -0.0707. The van der Waals surface area contributed by atoms with Crippen LogP contribution in [0.5, 0.6) is 6.01 Å². The summed E-state index contributed by atoms with van der Waals surface area (Å²) >= 11 is 6.45. The molecule has 4 aromatic rings. The maximum Gasteiger partial charge on any atom is 0.296 e. The van der Waals surface area contributed by atoms with E-state index in [2.05, 4.69) is 15.0 Å². The molecule has 2 fully saturated rings. The number of aliphatic hydroxyl groups is 1. The van der Waals surface area contributed by atoms with E-state index in [0.717, 1.165) is 10.8 Å². The number of Topliss-reactive ketones (excluding diaryl/α,β-unsaturated/α-hetero) is 1. The molecule has 2 aromatic carbocycles. The number of nitrogens with zero attached hydrogens (tertiary/aromatic N) is 2. The van der Waals surface area contributed by atoms with Gasteiger partial charge in [-0.05, 0) is 16.8 Å². The van der Waals surface area contributed by atoms with Crippen molar-refractivity contribution in [2.75, 3.05) is 13.2 Å². The summed E-state index contributed by atoms with van der Waals surface area (Å²) in [5, 5.41) is 12.2. The van der Waals surface area contributed by atoms with Crippen LogP contribution in [-0.2, 0) is 15.9 Å². The molecule has 4 heterocycles. The number of imidazole rings is 1. The quantitative estimate of drug-likeness (QED) is 0.436. The van der Waals surface area contributed by atoms with Crippen LogP contribution in [0.2, 0.25) is 5.02 Å². The van der Waals surface area contributed by atoms with Gasteiger partial charge in [-0.3, -0.25) is 4.79 Å². The lowest BCUT2D eigenvalue weighted by Gasteiger charge is -2.15. The summed E-state index contributed by atoms with van der Waals surface area (Å²) in [5.41, 5.74) is 2.08. The number of H-pyrrole nitrogens is 1. The number of hydrogen-bond donors (Lipinski definition) is 2. The van der Waals surface area contributed by atoms with Gasteiger partial charge in [-0.2, -0.15) is 4.98 Å². The first-order valence-electron chi connectivity index (χ1n) is 10.7. The molecular weight excluding hydrogens is 446 g/mol. The zero-order chi connectivity index (χ0) is 22.5. The number of halogens is 1. The largest absolute Gasteiger partial charge is 0.456 e. The number of fused-ring (bicyclic) bond motifs is 3. The SMILES string of the molecule is O=C(Cc1nc2nc(O[C@@H]3CO[C@H]4[C@@H]3OC[C@H]4O)[nH]c2cc1Cl)c1cccc2ccccc12. The van der Waals surface area contributed by atoms with Crippen LogP contribution in [0, 0.1) is 0 Å². The van der Waals surface area contributed by atoms with Crippen LogP contribution in [0.15, 0.2) is 48.5 Å². The number of hydrogen-bond acceptors (Lipinski definition) is 7. The summed E-state index contributed by atoms with van der Waals surface area (Å²) in [7, 11) is 0. The standard InChI is InChI=1S/C24H20ClN3O5/c25-15-8-17-23(28-24(27-17)33-20-11-32-21-19(30)10-31-22(20)21)26-16(15)9-18(29)14-7-3-5-12-4-1-2-6-13(12)14/h1-8,19-22,30H,9-11H2,(H,26,27,28)/t19-,20-,21-,22-/m1/s1. The molecule has 0 spiro atoms. The highest BCUT2D eigenvalue weighted by Gasteiger charge is 2.48. The van der Waals surface area contributed by atoms with Gasteiger partial charge in [0.25, 0.3) is 6.01 Å². The Kier molecular flexibility index (Phi) is 5.03. The monoisotopic (exact) mass is 465 g/mol. The highest BCUT2D eigenvalue weighted by atomic mass is 35.5. The van der Waals surface area contributed by atoms with Gasteiger partial charge in [-0.1, -0.05) is 54.1 Å². The first-order valence-corrected chi connectivity index (χ1v) is 11.1. The molecule has 0 amide bonds. The summed E-state index contributed by atoms with van der Waals surface area (Å²) in [6, 6.07) is 15.4. The Hall–Kier alpha value is -3.04. The van der Waals surface area contributed by atoms with Gasteiger partial charge in [0.05, 0.1) is 35.9 Å². The molecule has 6 rings (SSSR count). The fourth-order valence-corrected chi connectivity index (χ4v) is 4.73. The number of aromatic nitrogens is 3. The van der Waals surface area contributed by atoms with E-state index in [4.69, 9.17) is 25.8 Å². The molecule has 2 aliphatic heterocycles. The molecule has 2 N–H and O–H groups in total. The van der Waals surface area contributed by atoms with E-state index in [1.807, 2.05) is 42.5 Å². The Morgan fingerprint density at radius 3 is 2.85 bits per heavy atom. The molecule has 8 nitrogen and oxygen atoms in total. The lowest BCUT2D eigenvalue weighted by atomic mass is 9.99. The van der Waals surface area contributed by atoms with Crippen molar-refractivity contribution in [3.63, 3.8) is 0 Å². The van der Waals surface area contributed by atoms with Crippen molar-refractivity contribution in [2.45, 2.75) is 30.8 Å². The molecule has 0 bridgehead atoms. The Bertz CT molecular complexity index is 1370. The summed E-state index contributed by atoms with van der Waals surface area (Å²) in [6.07, 6.45) is -1.73. The number of ether oxygens (including phenoxy) is 3. The number of ketones is 1. The molecule has 2 aromatic heterocycles. The first kappa shape index (κ1) is 20.6. The third kappa shape index (κ3) is 3.65. The summed E-state index contributed by atoms with van der Waals surface area (Å²) in [4.78, 5) is 25.1. The molecule has 0 saturated carbocycles. The van der Waals surface area contributed by atoms with Crippen molar-refractivity contribution in [1.29, 1.82) is 0 Å². The van der Waals surface area contributed by atoms with E-state index in [9.17, 15) is 9.90 Å². The van der Waals surface area contributed by atoms with Crippen molar-refractivity contribution in [1.82, 2.24) is 15.0 Å². The van der Waals surface area contributed by atoms with E-state index in [1.165, 1.54) is 0 Å². The second-order valence-corrected chi connectivity index (χ2v) is 8.68. The minimum absolute atomic E-state index is 0.0534. The zero-order valence-electron chi connectivity index (χ0n) is 17.4. The molecule has 33 heavy (non-hydrogen) atoms. The van der Waals surface area contributed by atoms with E-state index < -0.39 is 18.3 Å². The molecule has 0 unspecified atom stereocenters. The molecule has 2 saturated heterocycles. The van der Waals surface area contributed by atoms with Crippen molar-refractivity contribution >= 4 is 39.3 Å². The molecule has 9 heteroatoms. The maximum atomic E-state index is 13.1. The van der Waals surface area contributed by atoms with Crippen LogP contribution in [0.4, 0.5) is 0 Å². The predicted octanol–water partition coefficient (Wildman–Crippen LogP) is 3.10. The molecular formula is C24H20ClN3O5. The Morgan fingerprint density at radius 2 is 1.94 bits per heavy atom. The van der Waals surface area contributed by atoms with Crippen LogP contribution in [0.1, 0.15) is 16.1 Å². The Balaban J connectivity index is 1.24. The van der Waals surface area contributed by atoms with Gasteiger partial charge in [0.2, 0.25) is 0 Å².